The lowest BCUT2D eigenvalue weighted by Gasteiger charge is -2.23. The Labute approximate surface area is 134 Å². The molecule has 1 aromatic rings. The molecule has 0 aliphatic carbocycles. The summed E-state index contributed by atoms with van der Waals surface area (Å²) < 4.78 is 5.39. The van der Waals surface area contributed by atoms with Crippen LogP contribution in [0.2, 0.25) is 4.34 Å². The van der Waals surface area contributed by atoms with E-state index in [9.17, 15) is 9.59 Å². The maximum Gasteiger partial charge on any atom is 0.309 e. The summed E-state index contributed by atoms with van der Waals surface area (Å²) in [6.45, 7) is 3.06. The fourth-order valence-corrected chi connectivity index (χ4v) is 3.06. The minimum absolute atomic E-state index is 0.000844. The van der Waals surface area contributed by atoms with E-state index >= 15 is 0 Å². The molecule has 0 saturated heterocycles. The SMILES string of the molecule is COC(=O)C(C)CN(C)CC(=O)N(C)Cc1ccc(Cl)s1. The third-order valence-electron chi connectivity index (χ3n) is 3.04. The van der Waals surface area contributed by atoms with Crippen molar-refractivity contribution in [3.8, 4) is 0 Å². The highest BCUT2D eigenvalue weighted by Gasteiger charge is 2.18. The standard InChI is InChI=1S/C14H21ClN2O3S/c1-10(14(19)20-4)7-16(2)9-13(18)17(3)8-11-5-6-12(15)21-11/h5-6,10H,7-9H2,1-4H3. The molecule has 0 aliphatic heterocycles. The average molecular weight is 333 g/mol. The van der Waals surface area contributed by atoms with Gasteiger partial charge in [-0.25, -0.2) is 0 Å². The second-order valence-corrected chi connectivity index (χ2v) is 6.88. The molecule has 1 aromatic heterocycles. The highest BCUT2D eigenvalue weighted by atomic mass is 35.5. The van der Waals surface area contributed by atoms with Crippen molar-refractivity contribution in [2.45, 2.75) is 13.5 Å². The van der Waals surface area contributed by atoms with E-state index in [1.54, 1.807) is 18.9 Å². The first-order valence-corrected chi connectivity index (χ1v) is 7.77. The minimum Gasteiger partial charge on any atom is -0.469 e. The monoisotopic (exact) mass is 332 g/mol. The van der Waals surface area contributed by atoms with Crippen molar-refractivity contribution in [1.29, 1.82) is 0 Å². The third kappa shape index (κ3) is 6.03. The van der Waals surface area contributed by atoms with Crippen LogP contribution < -0.4 is 0 Å². The van der Waals surface area contributed by atoms with E-state index < -0.39 is 0 Å². The van der Waals surface area contributed by atoms with Gasteiger partial charge in [0.1, 0.15) is 0 Å². The molecule has 118 valence electrons. The van der Waals surface area contributed by atoms with E-state index in [4.69, 9.17) is 11.6 Å². The topological polar surface area (TPSA) is 49.9 Å². The van der Waals surface area contributed by atoms with Crippen LogP contribution in [0, 0.1) is 5.92 Å². The number of ether oxygens (including phenoxy) is 1. The molecular weight excluding hydrogens is 312 g/mol. The Kier molecular flexibility index (Phi) is 7.14. The summed E-state index contributed by atoms with van der Waals surface area (Å²) in [5, 5.41) is 0. The molecule has 1 amide bonds. The van der Waals surface area contributed by atoms with Crippen LogP contribution in [0.1, 0.15) is 11.8 Å². The number of rotatable bonds is 7. The third-order valence-corrected chi connectivity index (χ3v) is 4.26. The molecule has 21 heavy (non-hydrogen) atoms. The number of hydrogen-bond acceptors (Lipinski definition) is 5. The normalized spacial score (nSPS) is 12.3. The second-order valence-electron chi connectivity index (χ2n) is 5.08. The number of halogens is 1. The molecule has 0 bridgehead atoms. The summed E-state index contributed by atoms with van der Waals surface area (Å²) >= 11 is 7.34. The number of hydrogen-bond donors (Lipinski definition) is 0. The number of carbonyl (C=O) groups is 2. The Hall–Kier alpha value is -1.11. The Bertz CT molecular complexity index is 492. The molecule has 7 heteroatoms. The summed E-state index contributed by atoms with van der Waals surface area (Å²) in [7, 11) is 4.94. The number of thiophene rings is 1. The van der Waals surface area contributed by atoms with Crippen LogP contribution in [0.25, 0.3) is 0 Å². The molecule has 0 aliphatic rings. The molecule has 0 N–H and O–H groups in total. The first-order chi connectivity index (χ1) is 9.83. The molecule has 1 rings (SSSR count). The van der Waals surface area contributed by atoms with Gasteiger partial charge in [-0.15, -0.1) is 11.3 Å². The molecule has 0 fully saturated rings. The Morgan fingerprint density at radius 3 is 2.57 bits per heavy atom. The molecule has 1 heterocycles. The summed E-state index contributed by atoms with van der Waals surface area (Å²) in [5.41, 5.74) is 0. The smallest absolute Gasteiger partial charge is 0.309 e. The molecule has 0 radical (unpaired) electrons. The number of amides is 1. The van der Waals surface area contributed by atoms with Crippen LogP contribution in [-0.2, 0) is 20.9 Å². The summed E-state index contributed by atoms with van der Waals surface area (Å²) in [4.78, 5) is 28.0. The van der Waals surface area contributed by atoms with Crippen LogP contribution in [0.5, 0.6) is 0 Å². The van der Waals surface area contributed by atoms with Gasteiger partial charge in [0.2, 0.25) is 5.91 Å². The maximum absolute atomic E-state index is 12.1. The van der Waals surface area contributed by atoms with Crippen LogP contribution in [0.15, 0.2) is 12.1 Å². The van der Waals surface area contributed by atoms with Crippen LogP contribution in [-0.4, -0.2) is 56.0 Å². The zero-order chi connectivity index (χ0) is 16.0. The van der Waals surface area contributed by atoms with E-state index in [1.165, 1.54) is 18.4 Å². The number of nitrogens with zero attached hydrogens (tertiary/aromatic N) is 2. The first kappa shape index (κ1) is 17.9. The molecule has 0 spiro atoms. The van der Waals surface area contributed by atoms with Crippen LogP contribution in [0.4, 0.5) is 0 Å². The number of esters is 1. The lowest BCUT2D eigenvalue weighted by molar-refractivity contribution is -0.146. The van der Waals surface area contributed by atoms with Crippen molar-refractivity contribution in [1.82, 2.24) is 9.80 Å². The van der Waals surface area contributed by atoms with Gasteiger partial charge in [-0.3, -0.25) is 14.5 Å². The van der Waals surface area contributed by atoms with Crippen molar-refractivity contribution in [3.05, 3.63) is 21.3 Å². The lowest BCUT2D eigenvalue weighted by atomic mass is 10.2. The van der Waals surface area contributed by atoms with Gasteiger partial charge >= 0.3 is 5.97 Å². The summed E-state index contributed by atoms with van der Waals surface area (Å²) in [6, 6.07) is 3.74. The summed E-state index contributed by atoms with van der Waals surface area (Å²) in [6.07, 6.45) is 0. The van der Waals surface area contributed by atoms with Gasteiger partial charge < -0.3 is 9.64 Å². The van der Waals surface area contributed by atoms with Gasteiger partial charge in [-0.1, -0.05) is 18.5 Å². The van der Waals surface area contributed by atoms with E-state index in [-0.39, 0.29) is 24.3 Å². The number of likely N-dealkylation sites (N-methyl/N-ethyl adjacent to an activating group) is 2. The van der Waals surface area contributed by atoms with Gasteiger partial charge in [0, 0.05) is 18.5 Å². The van der Waals surface area contributed by atoms with Crippen molar-refractivity contribution < 1.29 is 14.3 Å². The molecule has 1 unspecified atom stereocenters. The summed E-state index contributed by atoms with van der Waals surface area (Å²) in [5.74, 6) is -0.524. The highest BCUT2D eigenvalue weighted by molar-refractivity contribution is 7.16. The fourth-order valence-electron chi connectivity index (χ4n) is 1.92. The molecule has 0 saturated carbocycles. The molecule has 5 nitrogen and oxygen atoms in total. The van der Waals surface area contributed by atoms with Crippen molar-refractivity contribution in [2.24, 2.45) is 5.92 Å². The lowest BCUT2D eigenvalue weighted by Crippen LogP contribution is -2.39. The van der Waals surface area contributed by atoms with Gasteiger partial charge in [0.15, 0.2) is 0 Å². The van der Waals surface area contributed by atoms with Gasteiger partial charge in [-0.05, 0) is 19.2 Å². The van der Waals surface area contributed by atoms with Crippen LogP contribution >= 0.6 is 22.9 Å². The predicted molar refractivity (Wildman–Crippen MR) is 84.5 cm³/mol. The van der Waals surface area contributed by atoms with Crippen molar-refractivity contribution in [2.75, 3.05) is 34.3 Å². The van der Waals surface area contributed by atoms with Crippen LogP contribution in [0.3, 0.4) is 0 Å². The zero-order valence-corrected chi connectivity index (χ0v) is 14.3. The Morgan fingerprint density at radius 1 is 1.38 bits per heavy atom. The van der Waals surface area contributed by atoms with E-state index in [0.717, 1.165) is 9.21 Å². The van der Waals surface area contributed by atoms with E-state index in [1.807, 2.05) is 24.1 Å². The molecule has 0 aromatic carbocycles. The zero-order valence-electron chi connectivity index (χ0n) is 12.8. The highest BCUT2D eigenvalue weighted by Crippen LogP contribution is 2.22. The van der Waals surface area contributed by atoms with E-state index in [0.29, 0.717) is 13.1 Å². The molecular formula is C14H21ClN2O3S. The number of methoxy groups -OCH3 is 1. The van der Waals surface area contributed by atoms with Crippen molar-refractivity contribution in [3.63, 3.8) is 0 Å². The minimum atomic E-state index is -0.268. The quantitative estimate of drug-likeness (QED) is 0.717. The van der Waals surface area contributed by atoms with E-state index in [2.05, 4.69) is 4.74 Å². The Balaban J connectivity index is 2.42. The number of carbonyl (C=O) groups excluding carboxylic acids is 2. The average Bonchev–Trinajstić information content (AvgIpc) is 2.82. The molecule has 1 atom stereocenters. The largest absolute Gasteiger partial charge is 0.469 e. The van der Waals surface area contributed by atoms with Gasteiger partial charge in [0.25, 0.3) is 0 Å². The fraction of sp³-hybridized carbons (Fsp3) is 0.571. The van der Waals surface area contributed by atoms with Gasteiger partial charge in [0.05, 0.1) is 30.5 Å². The van der Waals surface area contributed by atoms with Gasteiger partial charge in [-0.2, -0.15) is 0 Å². The predicted octanol–water partition coefficient (Wildman–Crippen LogP) is 2.10. The second kappa shape index (κ2) is 8.36. The Morgan fingerprint density at radius 2 is 2.05 bits per heavy atom. The maximum atomic E-state index is 12.1. The van der Waals surface area contributed by atoms with Crippen molar-refractivity contribution >= 4 is 34.8 Å². The first-order valence-electron chi connectivity index (χ1n) is 6.58.